The minimum atomic E-state index is -0.513. The zero-order valence-corrected chi connectivity index (χ0v) is 11.1. The van der Waals surface area contributed by atoms with Gasteiger partial charge in [0.05, 0.1) is 5.56 Å². The van der Waals surface area contributed by atoms with E-state index >= 15 is 0 Å². The van der Waals surface area contributed by atoms with E-state index in [0.29, 0.717) is 17.3 Å². The number of aryl methyl sites for hydroxylation is 1. The van der Waals surface area contributed by atoms with Gasteiger partial charge in [0.2, 0.25) is 0 Å². The van der Waals surface area contributed by atoms with Crippen LogP contribution in [0.3, 0.4) is 0 Å². The molecule has 0 saturated carbocycles. The van der Waals surface area contributed by atoms with Gasteiger partial charge in [0.1, 0.15) is 11.9 Å². The Morgan fingerprint density at radius 2 is 2.05 bits per heavy atom. The average Bonchev–Trinajstić information content (AvgIpc) is 2.39. The minimum Gasteiger partial charge on any atom is -0.381 e. The molecule has 1 N–H and O–H groups in total. The van der Waals surface area contributed by atoms with E-state index in [2.05, 4.69) is 5.32 Å². The monoisotopic (exact) mass is 274 g/mol. The van der Waals surface area contributed by atoms with E-state index in [9.17, 15) is 4.39 Å². The molecule has 0 aromatic heterocycles. The number of nitrogens with one attached hydrogen (secondary N) is 1. The van der Waals surface area contributed by atoms with E-state index in [-0.39, 0.29) is 5.56 Å². The van der Waals surface area contributed by atoms with E-state index in [1.165, 1.54) is 12.1 Å². The number of nitriles is 1. The molecule has 0 unspecified atom stereocenters. The summed E-state index contributed by atoms with van der Waals surface area (Å²) in [6.07, 6.45) is 0. The molecule has 0 saturated heterocycles. The van der Waals surface area contributed by atoms with Gasteiger partial charge < -0.3 is 5.32 Å². The number of hydrogen-bond donors (Lipinski definition) is 1. The molecule has 0 heterocycles. The Balaban J connectivity index is 2.13. The molecule has 2 aromatic carbocycles. The Bertz CT molecular complexity index is 647. The molecular formula is C15H12ClFN2. The topological polar surface area (TPSA) is 35.8 Å². The predicted molar refractivity (Wildman–Crippen MR) is 74.6 cm³/mol. The third-order valence-corrected chi connectivity index (χ3v) is 3.13. The number of halogens is 2. The highest BCUT2D eigenvalue weighted by Crippen LogP contribution is 2.20. The molecule has 0 aliphatic heterocycles. The summed E-state index contributed by atoms with van der Waals surface area (Å²) in [4.78, 5) is 0. The zero-order chi connectivity index (χ0) is 13.8. The number of benzene rings is 2. The molecule has 0 radical (unpaired) electrons. The molecule has 0 aliphatic carbocycles. The van der Waals surface area contributed by atoms with Gasteiger partial charge >= 0.3 is 0 Å². The normalized spacial score (nSPS) is 10.0. The second-order valence-electron chi connectivity index (χ2n) is 4.25. The van der Waals surface area contributed by atoms with Crippen molar-refractivity contribution >= 4 is 17.3 Å². The standard InChI is InChI=1S/C15H12ClFN2/c1-10-2-3-11(14(16)6-10)9-19-13-4-5-15(17)12(7-13)8-18/h2-7,19H,9H2,1H3. The van der Waals surface area contributed by atoms with Crippen molar-refractivity contribution < 1.29 is 4.39 Å². The summed E-state index contributed by atoms with van der Waals surface area (Å²) in [5, 5.41) is 12.6. The maximum absolute atomic E-state index is 13.2. The second kappa shape index (κ2) is 5.73. The van der Waals surface area contributed by atoms with Gasteiger partial charge in [-0.3, -0.25) is 0 Å². The van der Waals surface area contributed by atoms with Gasteiger partial charge in [-0.25, -0.2) is 4.39 Å². The van der Waals surface area contributed by atoms with Crippen LogP contribution in [0.2, 0.25) is 5.02 Å². The van der Waals surface area contributed by atoms with Crippen LogP contribution in [0.4, 0.5) is 10.1 Å². The zero-order valence-electron chi connectivity index (χ0n) is 10.4. The molecule has 0 fully saturated rings. The van der Waals surface area contributed by atoms with Crippen LogP contribution in [0, 0.1) is 24.1 Å². The Labute approximate surface area is 116 Å². The maximum atomic E-state index is 13.2. The van der Waals surface area contributed by atoms with Gasteiger partial charge in [0.15, 0.2) is 0 Å². The van der Waals surface area contributed by atoms with E-state index < -0.39 is 5.82 Å². The van der Waals surface area contributed by atoms with Crippen LogP contribution in [0.5, 0.6) is 0 Å². The van der Waals surface area contributed by atoms with Crippen molar-refractivity contribution in [2.45, 2.75) is 13.5 Å². The number of nitrogens with zero attached hydrogens (tertiary/aromatic N) is 1. The third kappa shape index (κ3) is 3.24. The number of anilines is 1. The highest BCUT2D eigenvalue weighted by Gasteiger charge is 2.04. The first-order valence-corrected chi connectivity index (χ1v) is 6.16. The van der Waals surface area contributed by atoms with Gasteiger partial charge in [-0.1, -0.05) is 23.7 Å². The fraction of sp³-hybridized carbons (Fsp3) is 0.133. The Kier molecular flexibility index (Phi) is 4.03. The molecule has 2 nitrogen and oxygen atoms in total. The first-order valence-electron chi connectivity index (χ1n) is 5.78. The van der Waals surface area contributed by atoms with E-state index in [0.717, 1.165) is 11.1 Å². The van der Waals surface area contributed by atoms with Crippen molar-refractivity contribution in [3.8, 4) is 6.07 Å². The molecule has 0 atom stereocenters. The highest BCUT2D eigenvalue weighted by molar-refractivity contribution is 6.31. The van der Waals surface area contributed by atoms with Crippen LogP contribution in [0.15, 0.2) is 36.4 Å². The van der Waals surface area contributed by atoms with Crippen molar-refractivity contribution in [2.24, 2.45) is 0 Å². The van der Waals surface area contributed by atoms with E-state index in [1.807, 2.05) is 31.2 Å². The lowest BCUT2D eigenvalue weighted by Crippen LogP contribution is -2.01. The maximum Gasteiger partial charge on any atom is 0.141 e. The van der Waals surface area contributed by atoms with Crippen molar-refractivity contribution in [2.75, 3.05) is 5.32 Å². The fourth-order valence-electron chi connectivity index (χ4n) is 1.71. The molecule has 96 valence electrons. The van der Waals surface area contributed by atoms with E-state index in [1.54, 1.807) is 6.07 Å². The molecule has 2 aromatic rings. The smallest absolute Gasteiger partial charge is 0.141 e. The van der Waals surface area contributed by atoms with Gasteiger partial charge in [0, 0.05) is 17.3 Å². The van der Waals surface area contributed by atoms with Gasteiger partial charge in [0.25, 0.3) is 0 Å². The summed E-state index contributed by atoms with van der Waals surface area (Å²) in [5.41, 5.74) is 2.77. The quantitative estimate of drug-likeness (QED) is 0.907. The molecule has 4 heteroatoms. The molecule has 2 rings (SSSR count). The number of rotatable bonds is 3. The van der Waals surface area contributed by atoms with Crippen molar-refractivity contribution in [3.63, 3.8) is 0 Å². The summed E-state index contributed by atoms with van der Waals surface area (Å²) in [5.74, 6) is -0.513. The van der Waals surface area contributed by atoms with Crippen LogP contribution in [-0.2, 0) is 6.54 Å². The fourth-order valence-corrected chi connectivity index (χ4v) is 2.02. The largest absolute Gasteiger partial charge is 0.381 e. The average molecular weight is 275 g/mol. The summed E-state index contributed by atoms with van der Waals surface area (Å²) < 4.78 is 13.2. The minimum absolute atomic E-state index is 0.0278. The van der Waals surface area contributed by atoms with E-state index in [4.69, 9.17) is 16.9 Å². The van der Waals surface area contributed by atoms with Gasteiger partial charge in [-0.2, -0.15) is 5.26 Å². The van der Waals surface area contributed by atoms with Crippen LogP contribution in [0.1, 0.15) is 16.7 Å². The summed E-state index contributed by atoms with van der Waals surface area (Å²) in [6, 6.07) is 12.0. The molecule has 0 aliphatic rings. The van der Waals surface area contributed by atoms with Crippen LogP contribution in [-0.4, -0.2) is 0 Å². The lowest BCUT2D eigenvalue weighted by molar-refractivity contribution is 0.624. The molecule has 0 amide bonds. The van der Waals surface area contributed by atoms with Crippen LogP contribution >= 0.6 is 11.6 Å². The van der Waals surface area contributed by atoms with Crippen LogP contribution in [0.25, 0.3) is 0 Å². The lowest BCUT2D eigenvalue weighted by Gasteiger charge is -2.09. The summed E-state index contributed by atoms with van der Waals surface area (Å²) in [6.45, 7) is 2.50. The molecule has 19 heavy (non-hydrogen) atoms. The predicted octanol–water partition coefficient (Wildman–Crippen LogP) is 4.27. The summed E-state index contributed by atoms with van der Waals surface area (Å²) >= 11 is 6.13. The second-order valence-corrected chi connectivity index (χ2v) is 4.66. The van der Waals surface area contributed by atoms with Gasteiger partial charge in [-0.15, -0.1) is 0 Å². The Morgan fingerprint density at radius 3 is 2.74 bits per heavy atom. The highest BCUT2D eigenvalue weighted by atomic mass is 35.5. The Morgan fingerprint density at radius 1 is 1.26 bits per heavy atom. The first-order chi connectivity index (χ1) is 9.10. The van der Waals surface area contributed by atoms with Crippen molar-refractivity contribution in [1.29, 1.82) is 5.26 Å². The van der Waals surface area contributed by atoms with Crippen molar-refractivity contribution in [1.82, 2.24) is 0 Å². The van der Waals surface area contributed by atoms with Crippen LogP contribution < -0.4 is 5.32 Å². The first kappa shape index (κ1) is 13.4. The van der Waals surface area contributed by atoms with Gasteiger partial charge in [-0.05, 0) is 42.3 Å². The third-order valence-electron chi connectivity index (χ3n) is 2.78. The number of hydrogen-bond acceptors (Lipinski definition) is 2. The molecule has 0 spiro atoms. The Hall–Kier alpha value is -2.05. The summed E-state index contributed by atoms with van der Waals surface area (Å²) in [7, 11) is 0. The van der Waals surface area contributed by atoms with Crippen molar-refractivity contribution in [3.05, 3.63) is 63.9 Å². The lowest BCUT2D eigenvalue weighted by atomic mass is 10.1. The SMILES string of the molecule is Cc1ccc(CNc2ccc(F)c(C#N)c2)c(Cl)c1. The molecular weight excluding hydrogens is 263 g/mol. The molecule has 0 bridgehead atoms.